The van der Waals surface area contributed by atoms with Crippen molar-refractivity contribution in [3.63, 3.8) is 0 Å². The predicted octanol–water partition coefficient (Wildman–Crippen LogP) is 1.61. The summed E-state index contributed by atoms with van der Waals surface area (Å²) in [5, 5.41) is 7.23. The van der Waals surface area contributed by atoms with E-state index in [1.807, 2.05) is 36.5 Å². The molecule has 106 valence electrons. The van der Waals surface area contributed by atoms with Gasteiger partial charge in [0.15, 0.2) is 0 Å². The number of nitrogens with zero attached hydrogens (tertiary/aromatic N) is 3. The van der Waals surface area contributed by atoms with Gasteiger partial charge >= 0.3 is 6.03 Å². The molecule has 0 radical (unpaired) electrons. The maximum absolute atomic E-state index is 12.0. The monoisotopic (exact) mass is 265 g/mol. The molecule has 6 heteroatoms. The predicted molar refractivity (Wildman–Crippen MR) is 74.8 cm³/mol. The fourth-order valence-electron chi connectivity index (χ4n) is 2.29. The number of amides is 2. The minimum atomic E-state index is -0.190. The number of carbonyl (C=O) groups excluding carboxylic acids is 1. The normalized spacial score (nSPS) is 17.5. The second-order valence-electron chi connectivity index (χ2n) is 6.12. The zero-order valence-electron chi connectivity index (χ0n) is 11.9. The number of nitrogens with one attached hydrogen (secondary N) is 1. The summed E-state index contributed by atoms with van der Waals surface area (Å²) in [7, 11) is 0. The summed E-state index contributed by atoms with van der Waals surface area (Å²) in [5.74, 6) is 0.549. The molecule has 0 saturated carbocycles. The number of likely N-dealkylation sites (tertiary alicyclic amines) is 1. The zero-order valence-corrected chi connectivity index (χ0v) is 11.9. The Labute approximate surface area is 113 Å². The SMILES string of the molecule is CC(C)(C)NC(=O)N1CCC(n2ccc(N)n2)CC1. The molecule has 1 aliphatic heterocycles. The molecule has 0 atom stereocenters. The van der Waals surface area contributed by atoms with E-state index >= 15 is 0 Å². The van der Waals surface area contributed by atoms with E-state index < -0.39 is 0 Å². The Hall–Kier alpha value is -1.72. The average molecular weight is 265 g/mol. The minimum absolute atomic E-state index is 0.0194. The van der Waals surface area contributed by atoms with Crippen molar-refractivity contribution in [2.45, 2.75) is 45.2 Å². The number of aromatic nitrogens is 2. The highest BCUT2D eigenvalue weighted by Gasteiger charge is 2.26. The van der Waals surface area contributed by atoms with Gasteiger partial charge in [0.05, 0.1) is 6.04 Å². The van der Waals surface area contributed by atoms with E-state index in [1.165, 1.54) is 0 Å². The standard InChI is InChI=1S/C13H23N5O/c1-13(2,3)15-12(19)17-7-4-10(5-8-17)18-9-6-11(14)16-18/h6,9-10H,4-5,7-8H2,1-3H3,(H2,14,16)(H,15,19). The number of hydrogen-bond donors (Lipinski definition) is 2. The lowest BCUT2D eigenvalue weighted by atomic mass is 10.1. The van der Waals surface area contributed by atoms with Crippen molar-refractivity contribution < 1.29 is 4.79 Å². The number of urea groups is 1. The molecule has 1 aliphatic rings. The Kier molecular flexibility index (Phi) is 3.68. The Morgan fingerprint density at radius 1 is 1.42 bits per heavy atom. The number of rotatable bonds is 1. The Bertz CT molecular complexity index is 440. The number of nitrogens with two attached hydrogens (primary N) is 1. The average Bonchev–Trinajstić information content (AvgIpc) is 2.74. The molecule has 0 aromatic carbocycles. The van der Waals surface area contributed by atoms with Gasteiger partial charge in [-0.2, -0.15) is 5.10 Å². The molecule has 3 N–H and O–H groups in total. The fraction of sp³-hybridized carbons (Fsp3) is 0.692. The maximum atomic E-state index is 12.0. The van der Waals surface area contributed by atoms with Gasteiger partial charge in [0, 0.05) is 24.8 Å². The van der Waals surface area contributed by atoms with E-state index in [2.05, 4.69) is 10.4 Å². The first-order valence-electron chi connectivity index (χ1n) is 6.73. The van der Waals surface area contributed by atoms with E-state index in [0.717, 1.165) is 25.9 Å². The van der Waals surface area contributed by atoms with Crippen LogP contribution >= 0.6 is 0 Å². The van der Waals surface area contributed by atoms with Crippen LogP contribution in [0.4, 0.5) is 10.6 Å². The second kappa shape index (κ2) is 5.11. The summed E-state index contributed by atoms with van der Waals surface area (Å²) in [6.45, 7) is 7.48. The van der Waals surface area contributed by atoms with Gasteiger partial charge in [-0.25, -0.2) is 4.79 Å². The van der Waals surface area contributed by atoms with Crippen molar-refractivity contribution >= 4 is 11.8 Å². The summed E-state index contributed by atoms with van der Waals surface area (Å²) >= 11 is 0. The molecule has 2 amide bonds. The molecule has 0 unspecified atom stereocenters. The lowest BCUT2D eigenvalue weighted by molar-refractivity contribution is 0.161. The number of hydrogen-bond acceptors (Lipinski definition) is 3. The third kappa shape index (κ3) is 3.62. The van der Waals surface area contributed by atoms with Gasteiger partial charge in [-0.3, -0.25) is 4.68 Å². The van der Waals surface area contributed by atoms with Crippen LogP contribution in [0, 0.1) is 0 Å². The van der Waals surface area contributed by atoms with Gasteiger partial charge in [-0.05, 0) is 39.7 Å². The second-order valence-corrected chi connectivity index (χ2v) is 6.12. The third-order valence-electron chi connectivity index (χ3n) is 3.24. The fourth-order valence-corrected chi connectivity index (χ4v) is 2.29. The molecule has 0 spiro atoms. The van der Waals surface area contributed by atoms with Gasteiger partial charge < -0.3 is 16.0 Å². The summed E-state index contributed by atoms with van der Waals surface area (Å²) in [5.41, 5.74) is 5.43. The lowest BCUT2D eigenvalue weighted by Gasteiger charge is -2.34. The molecular formula is C13H23N5O. The van der Waals surface area contributed by atoms with Crippen LogP contribution in [0.5, 0.6) is 0 Å². The van der Waals surface area contributed by atoms with Gasteiger partial charge in [0.1, 0.15) is 5.82 Å². The molecule has 1 aromatic heterocycles. The van der Waals surface area contributed by atoms with Crippen molar-refractivity contribution in [3.05, 3.63) is 12.3 Å². The smallest absolute Gasteiger partial charge is 0.317 e. The van der Waals surface area contributed by atoms with Crippen LogP contribution in [-0.2, 0) is 0 Å². The molecule has 1 aromatic rings. The molecule has 6 nitrogen and oxygen atoms in total. The number of carbonyl (C=O) groups is 1. The molecule has 1 fully saturated rings. The first-order valence-corrected chi connectivity index (χ1v) is 6.73. The van der Waals surface area contributed by atoms with Crippen molar-refractivity contribution in [2.75, 3.05) is 18.8 Å². The van der Waals surface area contributed by atoms with Gasteiger partial charge in [0.25, 0.3) is 0 Å². The molecule has 19 heavy (non-hydrogen) atoms. The molecule has 1 saturated heterocycles. The number of piperidine rings is 1. The summed E-state index contributed by atoms with van der Waals surface area (Å²) in [6, 6.07) is 2.17. The van der Waals surface area contributed by atoms with Gasteiger partial charge in [-0.15, -0.1) is 0 Å². The summed E-state index contributed by atoms with van der Waals surface area (Å²) in [4.78, 5) is 13.9. The van der Waals surface area contributed by atoms with Crippen LogP contribution in [0.15, 0.2) is 12.3 Å². The summed E-state index contributed by atoms with van der Waals surface area (Å²) in [6.07, 6.45) is 3.74. The van der Waals surface area contributed by atoms with Crippen LogP contribution < -0.4 is 11.1 Å². The molecule has 2 heterocycles. The quantitative estimate of drug-likeness (QED) is 0.810. The van der Waals surface area contributed by atoms with Crippen molar-refractivity contribution in [1.29, 1.82) is 0 Å². The first kappa shape index (κ1) is 13.7. The topological polar surface area (TPSA) is 76.2 Å². The highest BCUT2D eigenvalue weighted by Crippen LogP contribution is 2.22. The maximum Gasteiger partial charge on any atom is 0.317 e. The van der Waals surface area contributed by atoms with E-state index in [-0.39, 0.29) is 11.6 Å². The van der Waals surface area contributed by atoms with Crippen molar-refractivity contribution in [1.82, 2.24) is 20.0 Å². The molecule has 2 rings (SSSR count). The first-order chi connectivity index (χ1) is 8.85. The van der Waals surface area contributed by atoms with Crippen LogP contribution in [0.25, 0.3) is 0 Å². The van der Waals surface area contributed by atoms with Crippen LogP contribution in [0.3, 0.4) is 0 Å². The van der Waals surface area contributed by atoms with Crippen molar-refractivity contribution in [3.8, 4) is 0 Å². The largest absolute Gasteiger partial charge is 0.382 e. The Morgan fingerprint density at radius 2 is 2.05 bits per heavy atom. The molecule has 0 bridgehead atoms. The Balaban J connectivity index is 1.87. The summed E-state index contributed by atoms with van der Waals surface area (Å²) < 4.78 is 1.91. The molecular weight excluding hydrogens is 242 g/mol. The number of nitrogen functional groups attached to an aromatic ring is 1. The highest BCUT2D eigenvalue weighted by atomic mass is 16.2. The third-order valence-corrected chi connectivity index (χ3v) is 3.24. The zero-order chi connectivity index (χ0) is 14.0. The van der Waals surface area contributed by atoms with E-state index in [9.17, 15) is 4.79 Å². The number of anilines is 1. The van der Waals surface area contributed by atoms with Gasteiger partial charge in [0.2, 0.25) is 0 Å². The van der Waals surface area contributed by atoms with Crippen LogP contribution in [-0.4, -0.2) is 39.3 Å². The highest BCUT2D eigenvalue weighted by molar-refractivity contribution is 5.75. The molecule has 0 aliphatic carbocycles. The Morgan fingerprint density at radius 3 is 2.53 bits per heavy atom. The van der Waals surface area contributed by atoms with Crippen molar-refractivity contribution in [2.24, 2.45) is 0 Å². The minimum Gasteiger partial charge on any atom is -0.382 e. The van der Waals surface area contributed by atoms with Gasteiger partial charge in [-0.1, -0.05) is 0 Å². The van der Waals surface area contributed by atoms with Crippen LogP contribution in [0.1, 0.15) is 39.7 Å². The van der Waals surface area contributed by atoms with Crippen LogP contribution in [0.2, 0.25) is 0 Å². The van der Waals surface area contributed by atoms with E-state index in [0.29, 0.717) is 11.9 Å². The van der Waals surface area contributed by atoms with E-state index in [1.54, 1.807) is 6.07 Å². The van der Waals surface area contributed by atoms with E-state index in [4.69, 9.17) is 5.73 Å². The lowest BCUT2D eigenvalue weighted by Crippen LogP contribution is -2.50.